The Kier molecular flexibility index (Phi) is 8.91. The highest BCUT2D eigenvalue weighted by atomic mass is 32.2. The van der Waals surface area contributed by atoms with Crippen LogP contribution in [0.5, 0.6) is 5.75 Å². The van der Waals surface area contributed by atoms with Crippen molar-refractivity contribution in [2.24, 2.45) is 0 Å². The van der Waals surface area contributed by atoms with Crippen LogP contribution in [-0.2, 0) is 19.6 Å². The van der Waals surface area contributed by atoms with E-state index in [-0.39, 0.29) is 28.1 Å². The number of carbonyl (C=O) groups is 2. The first-order chi connectivity index (χ1) is 13.9. The topological polar surface area (TPSA) is 102 Å². The molecule has 0 unspecified atom stereocenters. The molecule has 1 aromatic rings. The fraction of sp³-hybridized carbons (Fsp3) is 0.600. The molecule has 8 nitrogen and oxygen atoms in total. The molecule has 1 saturated heterocycles. The fourth-order valence-electron chi connectivity index (χ4n) is 3.24. The lowest BCUT2D eigenvalue weighted by Gasteiger charge is -2.21. The van der Waals surface area contributed by atoms with Crippen LogP contribution in [0.3, 0.4) is 0 Å². The highest BCUT2D eigenvalue weighted by molar-refractivity contribution is 7.89. The third-order valence-corrected chi connectivity index (χ3v) is 6.85. The summed E-state index contributed by atoms with van der Waals surface area (Å²) in [5.41, 5.74) is 0.257. The van der Waals surface area contributed by atoms with Gasteiger partial charge in [-0.2, -0.15) is 4.31 Å². The van der Waals surface area contributed by atoms with Crippen LogP contribution < -0.4 is 10.1 Å². The number of benzene rings is 1. The first-order valence-electron chi connectivity index (χ1n) is 9.93. The standard InChI is InChI=1S/C20H30N2O6S/c1-27-17-11-10-16(20(24)21-12-6-5-9-19(23)28-2)15-18(17)29(25,26)22-13-7-3-4-8-14-22/h10-11,15H,3-9,12-14H2,1-2H3,(H,21,24). The van der Waals surface area contributed by atoms with E-state index in [2.05, 4.69) is 10.1 Å². The van der Waals surface area contributed by atoms with E-state index in [1.165, 1.54) is 30.7 Å². The van der Waals surface area contributed by atoms with Crippen molar-refractivity contribution in [1.82, 2.24) is 9.62 Å². The molecule has 0 aliphatic carbocycles. The predicted molar refractivity (Wildman–Crippen MR) is 108 cm³/mol. The number of carbonyl (C=O) groups excluding carboxylic acids is 2. The second kappa shape index (κ2) is 11.2. The molecule has 0 spiro atoms. The van der Waals surface area contributed by atoms with Gasteiger partial charge in [-0.1, -0.05) is 12.8 Å². The van der Waals surface area contributed by atoms with Crippen LogP contribution in [0.1, 0.15) is 55.3 Å². The van der Waals surface area contributed by atoms with Gasteiger partial charge in [-0.05, 0) is 43.9 Å². The summed E-state index contributed by atoms with van der Waals surface area (Å²) in [7, 11) is -0.996. The van der Waals surface area contributed by atoms with E-state index in [0.29, 0.717) is 38.9 Å². The molecule has 0 atom stereocenters. The van der Waals surface area contributed by atoms with Crippen molar-refractivity contribution in [1.29, 1.82) is 0 Å². The lowest BCUT2D eigenvalue weighted by molar-refractivity contribution is -0.140. The molecule has 0 bridgehead atoms. The number of hydrogen-bond acceptors (Lipinski definition) is 6. The Labute approximate surface area is 172 Å². The molecular weight excluding hydrogens is 396 g/mol. The number of hydrogen-bond donors (Lipinski definition) is 1. The Hall–Kier alpha value is -2.13. The minimum atomic E-state index is -3.75. The minimum Gasteiger partial charge on any atom is -0.495 e. The van der Waals surface area contributed by atoms with Gasteiger partial charge in [0, 0.05) is 31.6 Å². The number of methoxy groups -OCH3 is 2. The first-order valence-corrected chi connectivity index (χ1v) is 11.4. The zero-order chi connectivity index (χ0) is 21.3. The summed E-state index contributed by atoms with van der Waals surface area (Å²) >= 11 is 0. The van der Waals surface area contributed by atoms with Gasteiger partial charge in [0.15, 0.2) is 0 Å². The Morgan fingerprint density at radius 2 is 1.76 bits per heavy atom. The highest BCUT2D eigenvalue weighted by Crippen LogP contribution is 2.29. The molecule has 0 radical (unpaired) electrons. The monoisotopic (exact) mass is 426 g/mol. The van der Waals surface area contributed by atoms with E-state index in [1.807, 2.05) is 0 Å². The fourth-order valence-corrected chi connectivity index (χ4v) is 4.94. The third kappa shape index (κ3) is 6.43. The van der Waals surface area contributed by atoms with Crippen LogP contribution >= 0.6 is 0 Å². The molecule has 1 heterocycles. The van der Waals surface area contributed by atoms with Gasteiger partial charge >= 0.3 is 5.97 Å². The molecule has 9 heteroatoms. The number of esters is 1. The van der Waals surface area contributed by atoms with Gasteiger partial charge in [-0.15, -0.1) is 0 Å². The number of unbranched alkanes of at least 4 members (excludes halogenated alkanes) is 1. The van der Waals surface area contributed by atoms with Crippen molar-refractivity contribution in [2.75, 3.05) is 33.9 Å². The Morgan fingerprint density at radius 3 is 2.38 bits per heavy atom. The van der Waals surface area contributed by atoms with Gasteiger partial charge in [0.2, 0.25) is 10.0 Å². The van der Waals surface area contributed by atoms with Crippen molar-refractivity contribution in [2.45, 2.75) is 49.8 Å². The van der Waals surface area contributed by atoms with Crippen molar-refractivity contribution >= 4 is 21.9 Å². The number of amides is 1. The normalized spacial score (nSPS) is 15.4. The molecule has 2 rings (SSSR count). The second-order valence-electron chi connectivity index (χ2n) is 6.97. The lowest BCUT2D eigenvalue weighted by atomic mass is 10.2. The summed E-state index contributed by atoms with van der Waals surface area (Å²) in [6, 6.07) is 4.43. The van der Waals surface area contributed by atoms with Crippen LogP contribution in [0.25, 0.3) is 0 Å². The number of sulfonamides is 1. The molecule has 0 aromatic heterocycles. The van der Waals surface area contributed by atoms with E-state index in [9.17, 15) is 18.0 Å². The SMILES string of the molecule is COC(=O)CCCCNC(=O)c1ccc(OC)c(S(=O)(=O)N2CCCCCC2)c1. The Bertz CT molecular complexity index is 801. The van der Waals surface area contributed by atoms with Crippen LogP contribution in [0.15, 0.2) is 23.1 Å². The van der Waals surface area contributed by atoms with E-state index in [0.717, 1.165) is 25.7 Å². The largest absolute Gasteiger partial charge is 0.495 e. The predicted octanol–water partition coefficient (Wildman–Crippen LogP) is 2.33. The first kappa shape index (κ1) is 23.2. The van der Waals surface area contributed by atoms with Crippen LogP contribution in [0.2, 0.25) is 0 Å². The molecule has 0 saturated carbocycles. The summed E-state index contributed by atoms with van der Waals surface area (Å²) in [5, 5.41) is 2.76. The van der Waals surface area contributed by atoms with E-state index >= 15 is 0 Å². The van der Waals surface area contributed by atoms with E-state index in [4.69, 9.17) is 4.74 Å². The Balaban J connectivity index is 2.09. The Morgan fingerprint density at radius 1 is 1.07 bits per heavy atom. The van der Waals surface area contributed by atoms with Crippen molar-refractivity contribution < 1.29 is 27.5 Å². The van der Waals surface area contributed by atoms with Gasteiger partial charge in [0.1, 0.15) is 10.6 Å². The van der Waals surface area contributed by atoms with E-state index in [1.54, 1.807) is 6.07 Å². The van der Waals surface area contributed by atoms with Crippen LogP contribution in [-0.4, -0.2) is 58.5 Å². The number of nitrogens with one attached hydrogen (secondary N) is 1. The number of ether oxygens (including phenoxy) is 2. The minimum absolute atomic E-state index is 0.0141. The molecule has 162 valence electrons. The smallest absolute Gasteiger partial charge is 0.305 e. The average Bonchev–Trinajstić information content (AvgIpc) is 3.02. The average molecular weight is 427 g/mol. The summed E-state index contributed by atoms with van der Waals surface area (Å²) in [6.45, 7) is 1.33. The van der Waals surface area contributed by atoms with Crippen molar-refractivity contribution in [3.8, 4) is 5.75 Å². The molecule has 1 aliphatic rings. The molecule has 1 aromatic carbocycles. The molecular formula is C20H30N2O6S. The number of nitrogens with zero attached hydrogens (tertiary/aromatic N) is 1. The van der Waals surface area contributed by atoms with Gasteiger partial charge < -0.3 is 14.8 Å². The zero-order valence-corrected chi connectivity index (χ0v) is 17.9. The van der Waals surface area contributed by atoms with Gasteiger partial charge in [0.25, 0.3) is 5.91 Å². The zero-order valence-electron chi connectivity index (χ0n) is 17.1. The van der Waals surface area contributed by atoms with Gasteiger partial charge in [0.05, 0.1) is 14.2 Å². The highest BCUT2D eigenvalue weighted by Gasteiger charge is 2.29. The summed E-state index contributed by atoms with van der Waals surface area (Å²) in [6.07, 6.45) is 5.21. The van der Waals surface area contributed by atoms with Crippen molar-refractivity contribution in [3.05, 3.63) is 23.8 Å². The summed E-state index contributed by atoms with van der Waals surface area (Å²) in [4.78, 5) is 23.6. The van der Waals surface area contributed by atoms with Crippen LogP contribution in [0, 0.1) is 0 Å². The van der Waals surface area contributed by atoms with Gasteiger partial charge in [-0.3, -0.25) is 9.59 Å². The summed E-state index contributed by atoms with van der Waals surface area (Å²) in [5.74, 6) is -0.420. The number of rotatable bonds is 9. The van der Waals surface area contributed by atoms with Crippen LogP contribution in [0.4, 0.5) is 0 Å². The molecule has 1 amide bonds. The van der Waals surface area contributed by atoms with Gasteiger partial charge in [-0.25, -0.2) is 8.42 Å². The second-order valence-corrected chi connectivity index (χ2v) is 8.88. The maximum Gasteiger partial charge on any atom is 0.305 e. The van der Waals surface area contributed by atoms with Crippen molar-refractivity contribution in [3.63, 3.8) is 0 Å². The quantitative estimate of drug-likeness (QED) is 0.480. The maximum atomic E-state index is 13.2. The van der Waals surface area contributed by atoms with E-state index < -0.39 is 10.0 Å². The molecule has 1 fully saturated rings. The third-order valence-electron chi connectivity index (χ3n) is 4.93. The summed E-state index contributed by atoms with van der Waals surface area (Å²) < 4.78 is 37.6. The molecule has 1 N–H and O–H groups in total. The maximum absolute atomic E-state index is 13.2. The molecule has 1 aliphatic heterocycles. The molecule has 29 heavy (non-hydrogen) atoms. The lowest BCUT2D eigenvalue weighted by Crippen LogP contribution is -2.32.